The summed E-state index contributed by atoms with van der Waals surface area (Å²) in [5, 5.41) is 10.4. The minimum absolute atomic E-state index is 0.121. The summed E-state index contributed by atoms with van der Waals surface area (Å²) in [6, 6.07) is 3.30. The maximum atomic E-state index is 11.8. The molecule has 184 valence electrons. The molecule has 0 amide bonds. The highest BCUT2D eigenvalue weighted by Crippen LogP contribution is 2.49. The van der Waals surface area contributed by atoms with Gasteiger partial charge in [0.15, 0.2) is 0 Å². The number of aromatic nitrogens is 4. The largest absolute Gasteiger partial charge is 0.478 e. The Kier molecular flexibility index (Phi) is 6.40. The lowest BCUT2D eigenvalue weighted by molar-refractivity contribution is 0.0511. The van der Waals surface area contributed by atoms with Crippen LogP contribution >= 0.6 is 0 Å². The van der Waals surface area contributed by atoms with E-state index in [2.05, 4.69) is 15.3 Å². The molecule has 0 aliphatic heterocycles. The van der Waals surface area contributed by atoms with Gasteiger partial charge in [0.1, 0.15) is 5.60 Å². The van der Waals surface area contributed by atoms with Crippen molar-refractivity contribution < 1.29 is 24.5 Å². The highest BCUT2D eigenvalue weighted by Gasteiger charge is 2.36. The van der Waals surface area contributed by atoms with Crippen LogP contribution in [0.1, 0.15) is 91.4 Å². The van der Waals surface area contributed by atoms with Crippen molar-refractivity contribution in [3.63, 3.8) is 0 Å². The van der Waals surface area contributed by atoms with Crippen molar-refractivity contribution in [2.24, 2.45) is 10.8 Å². The summed E-state index contributed by atoms with van der Waals surface area (Å²) in [4.78, 5) is 11.8. The standard InChI is InChI=1S/C15H24N2O3.C10H16N2O/c1-14(2,3)20-13(18)17-10-6-12(16-17)19-11-5-7-15(4)8-9-15;1-10(5-6-10)4-2-8-13-9-3-7-11-12-9/h6,10H,5,7-9,11H2,1-4H3;3,7H,2,4-6,8H2,1H3,(H,11,12)/i7D2;4D2. The summed E-state index contributed by atoms with van der Waals surface area (Å²) in [6.07, 6.45) is 4.74. The van der Waals surface area contributed by atoms with Gasteiger partial charge in [-0.15, -0.1) is 5.10 Å². The average molecular weight is 465 g/mol. The van der Waals surface area contributed by atoms with Crippen LogP contribution in [-0.2, 0) is 4.74 Å². The predicted molar refractivity (Wildman–Crippen MR) is 127 cm³/mol. The van der Waals surface area contributed by atoms with E-state index < -0.39 is 24.4 Å². The van der Waals surface area contributed by atoms with Crippen LogP contribution < -0.4 is 9.47 Å². The topological polar surface area (TPSA) is 91.3 Å². The number of carbonyl (C=O) groups excluding carboxylic acids is 1. The van der Waals surface area contributed by atoms with Crippen molar-refractivity contribution in [3.8, 4) is 11.8 Å². The Morgan fingerprint density at radius 3 is 2.21 bits per heavy atom. The van der Waals surface area contributed by atoms with Crippen molar-refractivity contribution in [2.75, 3.05) is 13.2 Å². The third kappa shape index (κ3) is 9.48. The molecule has 0 spiro atoms. The predicted octanol–water partition coefficient (Wildman–Crippen LogP) is 5.99. The number of nitrogens with zero attached hydrogens (tertiary/aromatic N) is 3. The smallest absolute Gasteiger partial charge is 0.435 e. The summed E-state index contributed by atoms with van der Waals surface area (Å²) in [5.74, 6) is 0.898. The van der Waals surface area contributed by atoms with Crippen molar-refractivity contribution in [3.05, 3.63) is 24.5 Å². The summed E-state index contributed by atoms with van der Waals surface area (Å²) in [7, 11) is 0. The second-order valence-electron chi connectivity index (χ2n) is 10.2. The lowest BCUT2D eigenvalue weighted by Gasteiger charge is -2.18. The molecule has 0 unspecified atom stereocenters. The van der Waals surface area contributed by atoms with Gasteiger partial charge < -0.3 is 14.2 Å². The minimum atomic E-state index is -1.24. The third-order valence-electron chi connectivity index (χ3n) is 5.44. The molecule has 0 radical (unpaired) electrons. The Morgan fingerprint density at radius 2 is 1.70 bits per heavy atom. The number of aromatic amines is 1. The van der Waals surface area contributed by atoms with Crippen LogP contribution in [0.5, 0.6) is 11.8 Å². The molecular formula is C25H40N4O4. The molecule has 2 aliphatic rings. The van der Waals surface area contributed by atoms with Crippen LogP contribution in [0.4, 0.5) is 4.79 Å². The molecule has 4 rings (SSSR count). The van der Waals surface area contributed by atoms with Crippen molar-refractivity contribution in [1.82, 2.24) is 20.0 Å². The molecule has 8 heteroatoms. The summed E-state index contributed by atoms with van der Waals surface area (Å²) in [5.41, 5.74) is -0.920. The van der Waals surface area contributed by atoms with E-state index in [4.69, 9.17) is 19.7 Å². The zero-order chi connectivity index (χ0) is 27.5. The van der Waals surface area contributed by atoms with Crippen LogP contribution in [-0.4, -0.2) is 44.9 Å². The lowest BCUT2D eigenvalue weighted by Crippen LogP contribution is -2.27. The van der Waals surface area contributed by atoms with E-state index in [-0.39, 0.29) is 17.4 Å². The molecule has 0 bridgehead atoms. The van der Waals surface area contributed by atoms with Crippen LogP contribution in [0.25, 0.3) is 0 Å². The maximum absolute atomic E-state index is 11.8. The van der Waals surface area contributed by atoms with Gasteiger partial charge in [-0.3, -0.25) is 0 Å². The number of nitrogens with one attached hydrogen (secondary N) is 1. The van der Waals surface area contributed by atoms with E-state index in [1.54, 1.807) is 39.1 Å². The molecular weight excluding hydrogens is 420 g/mol. The summed E-state index contributed by atoms with van der Waals surface area (Å²) >= 11 is 0. The molecule has 1 N–H and O–H groups in total. The fourth-order valence-corrected chi connectivity index (χ4v) is 2.87. The van der Waals surface area contributed by atoms with E-state index in [0.29, 0.717) is 31.2 Å². The number of hydrogen-bond acceptors (Lipinski definition) is 6. The number of hydrogen-bond donors (Lipinski definition) is 1. The Bertz CT molecular complexity index is 1030. The van der Waals surface area contributed by atoms with Crippen molar-refractivity contribution in [2.45, 2.75) is 91.5 Å². The Labute approximate surface area is 203 Å². The normalized spacial score (nSPS) is 20.2. The first-order valence-electron chi connectivity index (χ1n) is 13.6. The zero-order valence-electron chi connectivity index (χ0n) is 24.4. The van der Waals surface area contributed by atoms with E-state index in [0.717, 1.165) is 30.4 Å². The first-order chi connectivity index (χ1) is 17.1. The maximum Gasteiger partial charge on any atom is 0.435 e. The van der Waals surface area contributed by atoms with Gasteiger partial charge in [-0.25, -0.2) is 9.89 Å². The monoisotopic (exact) mass is 464 g/mol. The molecule has 2 aliphatic carbocycles. The highest BCUT2D eigenvalue weighted by atomic mass is 16.6. The third-order valence-corrected chi connectivity index (χ3v) is 5.44. The molecule has 0 aromatic carbocycles. The molecule has 0 saturated heterocycles. The van der Waals surface area contributed by atoms with Gasteiger partial charge in [0.2, 0.25) is 11.8 Å². The number of carbonyl (C=O) groups is 1. The molecule has 2 saturated carbocycles. The minimum Gasteiger partial charge on any atom is -0.478 e. The van der Waals surface area contributed by atoms with Crippen LogP contribution in [0, 0.1) is 10.8 Å². The van der Waals surface area contributed by atoms with Crippen LogP contribution in [0.15, 0.2) is 24.5 Å². The fourth-order valence-electron chi connectivity index (χ4n) is 2.87. The SMILES string of the molecule is [2H]C([2H])(CCOc1ccn(C(=O)OC(C)(C)C)n1)C1(C)CC1.[2H]C([2H])(CCOc1ccn[nH]1)C1(C)CC1. The van der Waals surface area contributed by atoms with E-state index in [9.17, 15) is 4.79 Å². The van der Waals surface area contributed by atoms with Crippen molar-refractivity contribution in [1.29, 1.82) is 0 Å². The first kappa shape index (κ1) is 19.9. The first-order valence-corrected chi connectivity index (χ1v) is 11.6. The zero-order valence-corrected chi connectivity index (χ0v) is 20.4. The highest BCUT2D eigenvalue weighted by molar-refractivity contribution is 5.69. The quantitative estimate of drug-likeness (QED) is 0.464. The van der Waals surface area contributed by atoms with Gasteiger partial charge >= 0.3 is 6.09 Å². The number of ether oxygens (including phenoxy) is 3. The van der Waals surface area contributed by atoms with Crippen LogP contribution in [0.2, 0.25) is 0 Å². The number of rotatable bonds is 10. The lowest BCUT2D eigenvalue weighted by atomic mass is 10.0. The summed E-state index contributed by atoms with van der Waals surface area (Å²) in [6.45, 7) is 9.94. The fraction of sp³-hybridized carbons (Fsp3) is 0.720. The van der Waals surface area contributed by atoms with Gasteiger partial charge in [-0.05, 0) is 82.9 Å². The Morgan fingerprint density at radius 1 is 1.09 bits per heavy atom. The molecule has 8 nitrogen and oxygen atoms in total. The molecule has 2 heterocycles. The second kappa shape index (κ2) is 10.6. The van der Waals surface area contributed by atoms with Gasteiger partial charge in [-0.1, -0.05) is 13.8 Å². The van der Waals surface area contributed by atoms with Gasteiger partial charge in [-0.2, -0.15) is 9.78 Å². The molecule has 2 aromatic rings. The Hall–Kier alpha value is -2.51. The van der Waals surface area contributed by atoms with E-state index >= 15 is 0 Å². The van der Waals surface area contributed by atoms with Crippen LogP contribution in [0.3, 0.4) is 0 Å². The van der Waals surface area contributed by atoms with Crippen molar-refractivity contribution >= 4 is 6.09 Å². The second-order valence-corrected chi connectivity index (χ2v) is 10.2. The van der Waals surface area contributed by atoms with Gasteiger partial charge in [0, 0.05) is 23.8 Å². The molecule has 2 aromatic heterocycles. The average Bonchev–Trinajstić information content (AvgIpc) is 3.57. The molecule has 2 fully saturated rings. The van der Waals surface area contributed by atoms with E-state index in [1.807, 2.05) is 13.8 Å². The Balaban J connectivity index is 0.000000220. The number of H-pyrrole nitrogens is 1. The molecule has 33 heavy (non-hydrogen) atoms. The molecule has 0 atom stereocenters. The van der Waals surface area contributed by atoms with Gasteiger partial charge in [0.25, 0.3) is 0 Å². The van der Waals surface area contributed by atoms with E-state index in [1.165, 1.54) is 6.20 Å². The van der Waals surface area contributed by atoms with Gasteiger partial charge in [0.05, 0.1) is 19.4 Å². The summed E-state index contributed by atoms with van der Waals surface area (Å²) < 4.78 is 49.1.